The molecule has 0 radical (unpaired) electrons. The first kappa shape index (κ1) is 44.1. The number of fused-ring (bicyclic) bond motifs is 6. The fourth-order valence-electron chi connectivity index (χ4n) is 10.8. The van der Waals surface area contributed by atoms with Gasteiger partial charge in [0.1, 0.15) is 36.1 Å². The minimum atomic E-state index is -0.747. The SMILES string of the molecule is COC(=O)N[C@H](C(=O)N1[C@@H](C)CC[C@H]1c1nc2c(ccc3cc4c(cc32)OCc2cc(-c3cnc([C@@H]5CC[C@H](C)N5C(=O)[C@H](NC(=O)OC)C5C[C@@H](C)O[C@H](C)C5)[nH]3)ccc2-4)[nH]1)C(C)C. The van der Waals surface area contributed by atoms with Crippen molar-refractivity contribution in [2.24, 2.45) is 11.8 Å². The molecule has 2 aromatic heterocycles. The number of alkyl carbamates (subject to hydrolysis) is 2. The number of likely N-dealkylation sites (tertiary alicyclic amines) is 2. The van der Waals surface area contributed by atoms with E-state index in [1.807, 2.05) is 56.7 Å². The van der Waals surface area contributed by atoms with Crippen molar-refractivity contribution in [2.45, 2.75) is 135 Å². The summed E-state index contributed by atoms with van der Waals surface area (Å²) in [5.74, 6) is 1.67. The number of imidazole rings is 2. The largest absolute Gasteiger partial charge is 0.488 e. The van der Waals surface area contributed by atoms with Gasteiger partial charge in [-0.3, -0.25) is 9.59 Å². The van der Waals surface area contributed by atoms with Crippen LogP contribution >= 0.6 is 0 Å². The summed E-state index contributed by atoms with van der Waals surface area (Å²) in [4.78, 5) is 74.0. The third-order valence-corrected chi connectivity index (χ3v) is 14.1. The van der Waals surface area contributed by atoms with Gasteiger partial charge in [0.2, 0.25) is 11.8 Å². The fourth-order valence-corrected chi connectivity index (χ4v) is 10.8. The molecule has 344 valence electrons. The standard InChI is InChI=1S/C49H60N8O8/c1-24(2)41(54-48(60)62-7)46(58)57-26(4)10-16-39(57)45-51-36-14-12-29-20-35-33-13-11-30(19-32(33)23-64-40(35)21-34(29)43(36)53-45)37-22-50-44(52-37)38-15-9-25(3)56(38)47(59)42(55-49(61)63-8)31-17-27(5)65-28(6)18-31/h11-14,19-22,24-28,31,38-39,41-42H,9-10,15-18,23H2,1-8H3,(H,50,52)(H,51,53)(H,54,60)(H,55,61)/t25-,26-,27+,28+,38-,39-,41-,42+/m0/s1. The van der Waals surface area contributed by atoms with E-state index in [1.54, 1.807) is 0 Å². The molecule has 3 saturated heterocycles. The van der Waals surface area contributed by atoms with Gasteiger partial charge < -0.3 is 49.3 Å². The molecule has 65 heavy (non-hydrogen) atoms. The van der Waals surface area contributed by atoms with Crippen LogP contribution in [0.15, 0.2) is 48.7 Å². The Morgan fingerprint density at radius 1 is 0.785 bits per heavy atom. The Balaban J connectivity index is 0.959. The van der Waals surface area contributed by atoms with E-state index in [0.29, 0.717) is 31.1 Å². The summed E-state index contributed by atoms with van der Waals surface area (Å²) >= 11 is 0. The lowest BCUT2D eigenvalue weighted by Crippen LogP contribution is -2.55. The number of rotatable bonds is 9. The number of methoxy groups -OCH3 is 2. The number of hydrogen-bond donors (Lipinski definition) is 4. The van der Waals surface area contributed by atoms with E-state index in [4.69, 9.17) is 28.9 Å². The molecule has 16 heteroatoms. The number of aromatic nitrogens is 4. The summed E-state index contributed by atoms with van der Waals surface area (Å²) in [6.07, 6.45) is 4.93. The molecule has 8 atom stereocenters. The topological polar surface area (TPSA) is 193 Å². The Labute approximate surface area is 378 Å². The molecule has 3 aromatic carbocycles. The molecular weight excluding hydrogens is 829 g/mol. The van der Waals surface area contributed by atoms with Crippen LogP contribution in [-0.4, -0.2) is 104 Å². The number of aromatic amines is 2. The van der Waals surface area contributed by atoms with E-state index in [9.17, 15) is 19.2 Å². The molecule has 4 N–H and O–H groups in total. The van der Waals surface area contributed by atoms with Crippen LogP contribution in [-0.2, 0) is 30.4 Å². The molecule has 5 aromatic rings. The van der Waals surface area contributed by atoms with E-state index in [0.717, 1.165) is 81.2 Å². The molecule has 0 spiro atoms. The average Bonchev–Trinajstić information content (AvgIpc) is 4.11. The van der Waals surface area contributed by atoms with Gasteiger partial charge in [-0.25, -0.2) is 19.6 Å². The quantitative estimate of drug-likeness (QED) is 0.112. The van der Waals surface area contributed by atoms with Crippen molar-refractivity contribution < 1.29 is 38.1 Å². The lowest BCUT2D eigenvalue weighted by atomic mass is 9.85. The monoisotopic (exact) mass is 888 g/mol. The Morgan fingerprint density at radius 3 is 2.15 bits per heavy atom. The minimum Gasteiger partial charge on any atom is -0.488 e. The second-order valence-electron chi connectivity index (χ2n) is 18.8. The van der Waals surface area contributed by atoms with Gasteiger partial charge >= 0.3 is 12.2 Å². The van der Waals surface area contributed by atoms with Crippen molar-refractivity contribution in [2.75, 3.05) is 14.2 Å². The van der Waals surface area contributed by atoms with Gasteiger partial charge in [-0.1, -0.05) is 32.0 Å². The van der Waals surface area contributed by atoms with Gasteiger partial charge in [0.05, 0.1) is 61.4 Å². The van der Waals surface area contributed by atoms with Gasteiger partial charge in [0.25, 0.3) is 0 Å². The van der Waals surface area contributed by atoms with E-state index < -0.39 is 24.3 Å². The Hall–Kier alpha value is -6.16. The van der Waals surface area contributed by atoms with Crippen LogP contribution in [0.1, 0.15) is 109 Å². The maximum atomic E-state index is 14.5. The second kappa shape index (κ2) is 17.7. The van der Waals surface area contributed by atoms with Crippen LogP contribution in [0, 0.1) is 11.8 Å². The van der Waals surface area contributed by atoms with E-state index >= 15 is 0 Å². The number of hydrogen-bond acceptors (Lipinski definition) is 10. The third-order valence-electron chi connectivity index (χ3n) is 14.1. The zero-order valence-corrected chi connectivity index (χ0v) is 38.4. The van der Waals surface area contributed by atoms with Crippen LogP contribution in [0.25, 0.3) is 44.2 Å². The van der Waals surface area contributed by atoms with E-state index in [2.05, 4.69) is 63.9 Å². The molecule has 0 unspecified atom stereocenters. The molecule has 4 amide bonds. The number of H-pyrrole nitrogens is 2. The maximum Gasteiger partial charge on any atom is 0.407 e. The Bertz CT molecular complexity index is 2630. The van der Waals surface area contributed by atoms with E-state index in [1.165, 1.54) is 14.2 Å². The smallest absolute Gasteiger partial charge is 0.407 e. The normalized spacial score (nSPS) is 24.9. The van der Waals surface area contributed by atoms with Crippen molar-refractivity contribution >= 4 is 45.8 Å². The molecule has 0 bridgehead atoms. The fraction of sp³-hybridized carbons (Fsp3) is 0.510. The molecule has 0 aliphatic carbocycles. The summed E-state index contributed by atoms with van der Waals surface area (Å²) in [5, 5.41) is 7.58. The van der Waals surface area contributed by atoms with Crippen LogP contribution < -0.4 is 15.4 Å². The first-order valence-electron chi connectivity index (χ1n) is 23.0. The molecule has 6 heterocycles. The van der Waals surface area contributed by atoms with Crippen molar-refractivity contribution in [3.8, 4) is 28.1 Å². The zero-order chi connectivity index (χ0) is 45.8. The van der Waals surface area contributed by atoms with Gasteiger partial charge in [0, 0.05) is 23.0 Å². The van der Waals surface area contributed by atoms with Gasteiger partial charge in [-0.15, -0.1) is 0 Å². The van der Waals surface area contributed by atoms with Crippen molar-refractivity contribution in [1.29, 1.82) is 0 Å². The predicted molar refractivity (Wildman–Crippen MR) is 244 cm³/mol. The number of carbonyl (C=O) groups excluding carboxylic acids is 4. The van der Waals surface area contributed by atoms with Crippen LogP contribution in [0.5, 0.6) is 5.75 Å². The van der Waals surface area contributed by atoms with Gasteiger partial charge in [-0.2, -0.15) is 0 Å². The van der Waals surface area contributed by atoms with Crippen molar-refractivity contribution in [1.82, 2.24) is 40.4 Å². The Kier molecular flexibility index (Phi) is 12.0. The molecule has 16 nitrogen and oxygen atoms in total. The zero-order valence-electron chi connectivity index (χ0n) is 38.4. The highest BCUT2D eigenvalue weighted by atomic mass is 16.5. The average molecular weight is 889 g/mol. The number of carbonyl (C=O) groups is 4. The van der Waals surface area contributed by atoms with E-state index in [-0.39, 0.29) is 60.0 Å². The molecule has 4 aliphatic rings. The summed E-state index contributed by atoms with van der Waals surface area (Å²) in [5.41, 5.74) is 6.57. The first-order chi connectivity index (χ1) is 31.2. The molecule has 4 aliphatic heterocycles. The number of ether oxygens (including phenoxy) is 4. The highest BCUT2D eigenvalue weighted by Gasteiger charge is 2.45. The lowest BCUT2D eigenvalue weighted by molar-refractivity contribution is -0.140. The van der Waals surface area contributed by atoms with Gasteiger partial charge in [-0.05, 0) is 124 Å². The number of nitrogens with one attached hydrogen (secondary N) is 4. The second-order valence-corrected chi connectivity index (χ2v) is 18.8. The number of benzene rings is 3. The molecule has 0 saturated carbocycles. The van der Waals surface area contributed by atoms with Gasteiger partial charge in [0.15, 0.2) is 0 Å². The number of nitrogens with zero attached hydrogens (tertiary/aromatic N) is 4. The molecular formula is C49H60N8O8. The molecule has 3 fully saturated rings. The third kappa shape index (κ3) is 8.25. The lowest BCUT2D eigenvalue weighted by Gasteiger charge is -2.39. The van der Waals surface area contributed by atoms with Crippen molar-refractivity contribution in [3.63, 3.8) is 0 Å². The highest BCUT2D eigenvalue weighted by molar-refractivity contribution is 6.07. The number of amides is 4. The molecule has 9 rings (SSSR count). The maximum absolute atomic E-state index is 14.5. The van der Waals surface area contributed by atoms with Crippen LogP contribution in [0.4, 0.5) is 9.59 Å². The first-order valence-corrected chi connectivity index (χ1v) is 23.0. The minimum absolute atomic E-state index is 0.0292. The van der Waals surface area contributed by atoms with Crippen LogP contribution in [0.3, 0.4) is 0 Å². The van der Waals surface area contributed by atoms with Crippen LogP contribution in [0.2, 0.25) is 0 Å². The van der Waals surface area contributed by atoms with Crippen molar-refractivity contribution in [3.05, 3.63) is 65.9 Å². The highest BCUT2D eigenvalue weighted by Crippen LogP contribution is 2.44. The summed E-state index contributed by atoms with van der Waals surface area (Å²) < 4.78 is 22.2. The Morgan fingerprint density at radius 2 is 1.46 bits per heavy atom. The predicted octanol–water partition coefficient (Wildman–Crippen LogP) is 8.08. The summed E-state index contributed by atoms with van der Waals surface area (Å²) in [6.45, 7) is 12.3. The summed E-state index contributed by atoms with van der Waals surface area (Å²) in [6, 6.07) is 12.6. The summed E-state index contributed by atoms with van der Waals surface area (Å²) in [7, 11) is 2.61.